The number of pyridine rings is 1. The molecular formula is C31H27FN4O4S. The number of nitrogens with one attached hydrogen (secondary N) is 2. The fraction of sp³-hybridized carbons (Fsp3) is 0.161. The van der Waals surface area contributed by atoms with Crippen molar-refractivity contribution in [1.82, 2.24) is 19.6 Å². The number of ether oxygens (including phenoxy) is 1. The van der Waals surface area contributed by atoms with Crippen LogP contribution in [0.2, 0.25) is 0 Å². The highest BCUT2D eigenvalue weighted by atomic mass is 32.2. The molecule has 8 nitrogen and oxygen atoms in total. The Labute approximate surface area is 236 Å². The molecule has 2 N–H and O–H groups in total. The number of piperidine rings is 1. The average Bonchev–Trinajstić information content (AvgIpc) is 3.42. The lowest BCUT2D eigenvalue weighted by molar-refractivity contribution is 0.0923. The molecule has 0 saturated carbocycles. The van der Waals surface area contributed by atoms with E-state index in [1.54, 1.807) is 30.5 Å². The summed E-state index contributed by atoms with van der Waals surface area (Å²) >= 11 is 0. The molecule has 6 rings (SSSR count). The van der Waals surface area contributed by atoms with Gasteiger partial charge in [0.05, 0.1) is 11.1 Å². The van der Waals surface area contributed by atoms with Crippen LogP contribution in [0, 0.1) is 5.82 Å². The molecule has 0 aliphatic carbocycles. The molecule has 1 fully saturated rings. The van der Waals surface area contributed by atoms with Crippen molar-refractivity contribution in [3.05, 3.63) is 109 Å². The number of amides is 1. The van der Waals surface area contributed by atoms with Crippen LogP contribution in [0.4, 0.5) is 4.39 Å². The van der Waals surface area contributed by atoms with Crippen molar-refractivity contribution in [3.8, 4) is 22.8 Å². The molecule has 0 unspecified atom stereocenters. The molecule has 1 aliphatic heterocycles. The van der Waals surface area contributed by atoms with Gasteiger partial charge in [-0.05, 0) is 73.0 Å². The Morgan fingerprint density at radius 2 is 1.68 bits per heavy atom. The molecular weight excluding hydrogens is 543 g/mol. The number of rotatable bonds is 7. The molecule has 2 aromatic heterocycles. The summed E-state index contributed by atoms with van der Waals surface area (Å²) in [7, 11) is -3.71. The SMILES string of the molecule is O=C(NC1CCN(S(=O)(=O)c2ccc(F)cc2)CC1)c1cccc(Oc2cnc3[nH]c(-c4ccccc4)cc3c2)c1. The standard InChI is InChI=1S/C31H27FN4O4S/c32-24-9-11-28(12-10-24)41(38,39)36-15-13-25(14-16-36)34-31(37)22-7-4-8-26(17-22)40-27-18-23-19-29(35-30(23)33-20-27)21-5-2-1-3-6-21/h1-12,17-20,25H,13-16H2,(H,33,35)(H,34,37). The number of H-pyrrole nitrogens is 1. The fourth-order valence-electron chi connectivity index (χ4n) is 4.93. The van der Waals surface area contributed by atoms with Crippen LogP contribution in [0.3, 0.4) is 0 Å². The van der Waals surface area contributed by atoms with Gasteiger partial charge in [0.15, 0.2) is 0 Å². The third-order valence-corrected chi connectivity index (χ3v) is 9.02. The topological polar surface area (TPSA) is 104 Å². The molecule has 1 aliphatic rings. The smallest absolute Gasteiger partial charge is 0.251 e. The van der Waals surface area contributed by atoms with Crippen LogP contribution in [0.25, 0.3) is 22.3 Å². The molecule has 5 aromatic rings. The number of nitrogens with zero attached hydrogens (tertiary/aromatic N) is 2. The van der Waals surface area contributed by atoms with Crippen molar-refractivity contribution in [1.29, 1.82) is 0 Å². The van der Waals surface area contributed by atoms with Gasteiger partial charge in [0.25, 0.3) is 5.91 Å². The van der Waals surface area contributed by atoms with Crippen LogP contribution < -0.4 is 10.1 Å². The van der Waals surface area contributed by atoms with Gasteiger partial charge in [-0.15, -0.1) is 0 Å². The van der Waals surface area contributed by atoms with Crippen LogP contribution >= 0.6 is 0 Å². The first-order valence-electron chi connectivity index (χ1n) is 13.2. The van der Waals surface area contributed by atoms with Crippen LogP contribution in [0.5, 0.6) is 11.5 Å². The lowest BCUT2D eigenvalue weighted by atomic mass is 10.1. The second-order valence-electron chi connectivity index (χ2n) is 9.89. The minimum atomic E-state index is -3.71. The van der Waals surface area contributed by atoms with E-state index in [9.17, 15) is 17.6 Å². The Morgan fingerprint density at radius 3 is 2.44 bits per heavy atom. The minimum absolute atomic E-state index is 0.0562. The Balaban J connectivity index is 1.08. The minimum Gasteiger partial charge on any atom is -0.456 e. The summed E-state index contributed by atoms with van der Waals surface area (Å²) in [5.74, 6) is 0.291. The van der Waals surface area contributed by atoms with Crippen molar-refractivity contribution in [3.63, 3.8) is 0 Å². The predicted octanol–water partition coefficient (Wildman–Crippen LogP) is 5.74. The molecule has 10 heteroatoms. The highest BCUT2D eigenvalue weighted by molar-refractivity contribution is 7.89. The monoisotopic (exact) mass is 570 g/mol. The van der Waals surface area contributed by atoms with E-state index < -0.39 is 15.8 Å². The fourth-order valence-corrected chi connectivity index (χ4v) is 6.40. The zero-order valence-electron chi connectivity index (χ0n) is 22.0. The molecule has 3 heterocycles. The number of halogens is 1. The first-order valence-corrected chi connectivity index (χ1v) is 14.7. The maximum atomic E-state index is 13.2. The lowest BCUT2D eigenvalue weighted by Gasteiger charge is -2.31. The van der Waals surface area contributed by atoms with E-state index in [1.807, 2.05) is 42.5 Å². The number of carbonyl (C=O) groups excluding carboxylic acids is 1. The summed E-state index contributed by atoms with van der Waals surface area (Å²) in [6.07, 6.45) is 2.57. The Kier molecular flexibility index (Phi) is 7.25. The van der Waals surface area contributed by atoms with E-state index in [2.05, 4.69) is 15.3 Å². The van der Waals surface area contributed by atoms with Gasteiger partial charge in [-0.2, -0.15) is 4.31 Å². The van der Waals surface area contributed by atoms with E-state index in [0.29, 0.717) is 29.9 Å². The summed E-state index contributed by atoms with van der Waals surface area (Å²) < 4.78 is 46.4. The van der Waals surface area contributed by atoms with E-state index in [-0.39, 0.29) is 29.9 Å². The van der Waals surface area contributed by atoms with Gasteiger partial charge in [-0.3, -0.25) is 4.79 Å². The van der Waals surface area contributed by atoms with Crippen LogP contribution in [0.1, 0.15) is 23.2 Å². The zero-order valence-corrected chi connectivity index (χ0v) is 22.8. The maximum Gasteiger partial charge on any atom is 0.251 e. The lowest BCUT2D eigenvalue weighted by Crippen LogP contribution is -2.46. The molecule has 1 saturated heterocycles. The predicted molar refractivity (Wildman–Crippen MR) is 154 cm³/mol. The first-order chi connectivity index (χ1) is 19.8. The van der Waals surface area contributed by atoms with Gasteiger partial charge >= 0.3 is 0 Å². The molecule has 41 heavy (non-hydrogen) atoms. The summed E-state index contributed by atoms with van der Waals surface area (Å²) in [5, 5.41) is 3.91. The van der Waals surface area contributed by atoms with Crippen LogP contribution in [0.15, 0.2) is 102 Å². The van der Waals surface area contributed by atoms with Gasteiger partial charge in [-0.25, -0.2) is 17.8 Å². The van der Waals surface area contributed by atoms with Gasteiger partial charge in [0.2, 0.25) is 10.0 Å². The molecule has 208 valence electrons. The second kappa shape index (κ2) is 11.1. The number of benzene rings is 3. The largest absolute Gasteiger partial charge is 0.456 e. The summed E-state index contributed by atoms with van der Waals surface area (Å²) in [6, 6.07) is 25.4. The van der Waals surface area contributed by atoms with E-state index >= 15 is 0 Å². The van der Waals surface area contributed by atoms with E-state index in [1.165, 1.54) is 16.4 Å². The summed E-state index contributed by atoms with van der Waals surface area (Å²) in [5.41, 5.74) is 3.21. The summed E-state index contributed by atoms with van der Waals surface area (Å²) in [4.78, 5) is 20.9. The second-order valence-corrected chi connectivity index (χ2v) is 11.8. The maximum absolute atomic E-state index is 13.2. The molecule has 0 bridgehead atoms. The zero-order chi connectivity index (χ0) is 28.4. The Bertz CT molecular complexity index is 1800. The number of hydrogen-bond acceptors (Lipinski definition) is 5. The summed E-state index contributed by atoms with van der Waals surface area (Å²) in [6.45, 7) is 0.517. The Morgan fingerprint density at radius 1 is 0.927 bits per heavy atom. The molecule has 0 atom stereocenters. The number of fused-ring (bicyclic) bond motifs is 1. The number of hydrogen-bond donors (Lipinski definition) is 2. The van der Waals surface area contributed by atoms with E-state index in [0.717, 1.165) is 34.4 Å². The van der Waals surface area contributed by atoms with Crippen molar-refractivity contribution in [2.24, 2.45) is 0 Å². The first kappa shape index (κ1) is 26.7. The quantitative estimate of drug-likeness (QED) is 0.260. The average molecular weight is 571 g/mol. The normalized spacial score (nSPS) is 14.7. The van der Waals surface area contributed by atoms with E-state index in [4.69, 9.17) is 4.74 Å². The number of aromatic nitrogens is 2. The molecule has 1 amide bonds. The van der Waals surface area contributed by atoms with Crippen LogP contribution in [-0.4, -0.2) is 47.7 Å². The third kappa shape index (κ3) is 5.84. The Hall–Kier alpha value is -4.54. The van der Waals surface area contributed by atoms with Crippen molar-refractivity contribution >= 4 is 27.0 Å². The van der Waals surface area contributed by atoms with Gasteiger partial charge in [-0.1, -0.05) is 36.4 Å². The van der Waals surface area contributed by atoms with Crippen molar-refractivity contribution < 1.29 is 22.3 Å². The molecule has 0 radical (unpaired) electrons. The number of aromatic amines is 1. The van der Waals surface area contributed by atoms with Gasteiger partial charge in [0, 0.05) is 35.8 Å². The molecule has 3 aromatic carbocycles. The van der Waals surface area contributed by atoms with Crippen LogP contribution in [-0.2, 0) is 10.0 Å². The van der Waals surface area contributed by atoms with Gasteiger partial charge in [0.1, 0.15) is 23.0 Å². The highest BCUT2D eigenvalue weighted by Crippen LogP contribution is 2.28. The number of carbonyl (C=O) groups is 1. The highest BCUT2D eigenvalue weighted by Gasteiger charge is 2.30. The number of sulfonamides is 1. The van der Waals surface area contributed by atoms with Crippen molar-refractivity contribution in [2.75, 3.05) is 13.1 Å². The molecule has 0 spiro atoms. The third-order valence-electron chi connectivity index (χ3n) is 7.10. The van der Waals surface area contributed by atoms with Gasteiger partial charge < -0.3 is 15.0 Å². The van der Waals surface area contributed by atoms with Crippen molar-refractivity contribution in [2.45, 2.75) is 23.8 Å².